The summed E-state index contributed by atoms with van der Waals surface area (Å²) >= 11 is 0. The number of hydrogen-bond acceptors (Lipinski definition) is 9. The Morgan fingerprint density at radius 2 is 1.90 bits per heavy atom. The largest absolute Gasteiger partial charge is 0.469 e. The van der Waals surface area contributed by atoms with Gasteiger partial charge in [-0.1, -0.05) is 30.3 Å². The van der Waals surface area contributed by atoms with Crippen molar-refractivity contribution >= 4 is 23.3 Å². The molecule has 2 aromatic rings. The molecule has 0 bridgehead atoms. The van der Waals surface area contributed by atoms with Crippen molar-refractivity contribution in [2.24, 2.45) is 0 Å². The molecule has 3 rings (SSSR count). The number of esters is 1. The van der Waals surface area contributed by atoms with Crippen LogP contribution in [0.1, 0.15) is 12.0 Å². The molecule has 0 atom stereocenters. The molecule has 0 aliphatic carbocycles. The summed E-state index contributed by atoms with van der Waals surface area (Å²) in [4.78, 5) is 37.7. The summed E-state index contributed by atoms with van der Waals surface area (Å²) in [5.74, 6) is 0.134. The van der Waals surface area contributed by atoms with Gasteiger partial charge in [-0.3, -0.25) is 14.9 Å². The summed E-state index contributed by atoms with van der Waals surface area (Å²) in [6.45, 7) is 3.50. The molecular formula is C20H26N6O4. The minimum atomic E-state index is -0.431. The monoisotopic (exact) mass is 414 g/mol. The van der Waals surface area contributed by atoms with Crippen molar-refractivity contribution in [2.75, 3.05) is 56.7 Å². The number of rotatable bonds is 8. The fourth-order valence-electron chi connectivity index (χ4n) is 3.40. The average molecular weight is 414 g/mol. The highest BCUT2D eigenvalue weighted by atomic mass is 16.6. The maximum Gasteiger partial charge on any atom is 0.353 e. The van der Waals surface area contributed by atoms with Gasteiger partial charge in [-0.2, -0.15) is 0 Å². The molecule has 0 spiro atoms. The molecule has 1 fully saturated rings. The summed E-state index contributed by atoms with van der Waals surface area (Å²) in [6, 6.07) is 9.57. The Balaban J connectivity index is 1.97. The van der Waals surface area contributed by atoms with E-state index in [2.05, 4.69) is 14.9 Å². The molecule has 0 radical (unpaired) electrons. The predicted octanol–water partition coefficient (Wildman–Crippen LogP) is 1.71. The highest BCUT2D eigenvalue weighted by Crippen LogP contribution is 2.35. The van der Waals surface area contributed by atoms with E-state index in [1.54, 1.807) is 4.90 Å². The Bertz CT molecular complexity index is 871. The maximum absolute atomic E-state index is 12.1. The molecular weight excluding hydrogens is 388 g/mol. The summed E-state index contributed by atoms with van der Waals surface area (Å²) in [6.07, 6.45) is 1.44. The van der Waals surface area contributed by atoms with Crippen LogP contribution in [0.5, 0.6) is 0 Å². The third kappa shape index (κ3) is 5.20. The maximum atomic E-state index is 12.1. The van der Waals surface area contributed by atoms with Gasteiger partial charge >= 0.3 is 11.7 Å². The molecule has 10 heteroatoms. The SMILES string of the molecule is COC(=O)CCN(Cc1ccccc1)c1ncnc(N2CCN(C)CC2)c1[N+](=O)[O-]. The Kier molecular flexibility index (Phi) is 7.12. The zero-order chi connectivity index (χ0) is 21.5. The number of hydrogen-bond donors (Lipinski definition) is 0. The molecule has 2 heterocycles. The van der Waals surface area contributed by atoms with E-state index >= 15 is 0 Å². The number of nitro groups is 1. The van der Waals surface area contributed by atoms with Crippen LogP contribution in [-0.4, -0.2) is 72.6 Å². The third-order valence-corrected chi connectivity index (χ3v) is 5.10. The Labute approximate surface area is 175 Å². The molecule has 1 aliphatic rings. The van der Waals surface area contributed by atoms with Crippen LogP contribution in [0.4, 0.5) is 17.3 Å². The van der Waals surface area contributed by atoms with E-state index < -0.39 is 4.92 Å². The summed E-state index contributed by atoms with van der Waals surface area (Å²) in [5, 5.41) is 12.1. The van der Waals surface area contributed by atoms with Crippen LogP contribution in [0.15, 0.2) is 36.7 Å². The number of carbonyl (C=O) groups is 1. The first kappa shape index (κ1) is 21.4. The van der Waals surface area contributed by atoms with Crippen LogP contribution >= 0.6 is 0 Å². The highest BCUT2D eigenvalue weighted by molar-refractivity contribution is 5.73. The average Bonchev–Trinajstić information content (AvgIpc) is 2.77. The van der Waals surface area contributed by atoms with Gasteiger partial charge in [-0.15, -0.1) is 0 Å². The van der Waals surface area contributed by atoms with Gasteiger partial charge in [0.05, 0.1) is 18.5 Å². The van der Waals surface area contributed by atoms with Crippen molar-refractivity contribution in [1.29, 1.82) is 0 Å². The van der Waals surface area contributed by atoms with Gasteiger partial charge in [0.25, 0.3) is 0 Å². The lowest BCUT2D eigenvalue weighted by molar-refractivity contribution is -0.383. The molecule has 160 valence electrons. The van der Waals surface area contributed by atoms with Crippen molar-refractivity contribution in [3.05, 3.63) is 52.3 Å². The van der Waals surface area contributed by atoms with Gasteiger partial charge in [-0.05, 0) is 12.6 Å². The summed E-state index contributed by atoms with van der Waals surface area (Å²) in [7, 11) is 3.34. The van der Waals surface area contributed by atoms with Crippen molar-refractivity contribution in [3.8, 4) is 0 Å². The minimum Gasteiger partial charge on any atom is -0.469 e. The first-order valence-corrected chi connectivity index (χ1v) is 9.78. The topological polar surface area (TPSA) is 105 Å². The Morgan fingerprint density at radius 1 is 1.20 bits per heavy atom. The third-order valence-electron chi connectivity index (χ3n) is 5.10. The van der Waals surface area contributed by atoms with Crippen molar-refractivity contribution in [3.63, 3.8) is 0 Å². The number of benzene rings is 1. The van der Waals surface area contributed by atoms with Gasteiger partial charge in [0.1, 0.15) is 6.33 Å². The number of ether oxygens (including phenoxy) is 1. The van der Waals surface area contributed by atoms with Crippen LogP contribution in [0.2, 0.25) is 0 Å². The number of anilines is 2. The van der Waals surface area contributed by atoms with E-state index in [0.717, 1.165) is 18.7 Å². The molecule has 1 aromatic heterocycles. The molecule has 0 saturated carbocycles. The van der Waals surface area contributed by atoms with E-state index in [9.17, 15) is 14.9 Å². The van der Waals surface area contributed by atoms with E-state index in [1.165, 1.54) is 13.4 Å². The van der Waals surface area contributed by atoms with Crippen LogP contribution in [0, 0.1) is 10.1 Å². The molecule has 1 saturated heterocycles. The van der Waals surface area contributed by atoms with Gasteiger partial charge in [0, 0.05) is 39.3 Å². The van der Waals surface area contributed by atoms with Crippen molar-refractivity contribution in [2.45, 2.75) is 13.0 Å². The first-order valence-electron chi connectivity index (χ1n) is 9.78. The zero-order valence-electron chi connectivity index (χ0n) is 17.2. The van der Waals surface area contributed by atoms with Gasteiger partial charge in [0.2, 0.25) is 11.6 Å². The summed E-state index contributed by atoms with van der Waals surface area (Å²) in [5.41, 5.74) is 0.819. The van der Waals surface area contributed by atoms with Gasteiger partial charge in [-0.25, -0.2) is 9.97 Å². The molecule has 0 amide bonds. The quantitative estimate of drug-likeness (QED) is 0.362. The number of nitrogens with zero attached hydrogens (tertiary/aromatic N) is 6. The predicted molar refractivity (Wildman–Crippen MR) is 113 cm³/mol. The normalized spacial score (nSPS) is 14.4. The van der Waals surface area contributed by atoms with Crippen LogP contribution in [0.25, 0.3) is 0 Å². The molecule has 30 heavy (non-hydrogen) atoms. The number of methoxy groups -OCH3 is 1. The lowest BCUT2D eigenvalue weighted by Gasteiger charge is -2.33. The lowest BCUT2D eigenvalue weighted by atomic mass is 10.2. The van der Waals surface area contributed by atoms with E-state index in [1.807, 2.05) is 42.3 Å². The van der Waals surface area contributed by atoms with E-state index in [0.29, 0.717) is 25.5 Å². The highest BCUT2D eigenvalue weighted by Gasteiger charge is 2.31. The number of aromatic nitrogens is 2. The molecule has 10 nitrogen and oxygen atoms in total. The molecule has 0 unspecified atom stereocenters. The lowest BCUT2D eigenvalue weighted by Crippen LogP contribution is -2.45. The van der Waals surface area contributed by atoms with Crippen LogP contribution in [-0.2, 0) is 16.1 Å². The second-order valence-corrected chi connectivity index (χ2v) is 7.15. The Morgan fingerprint density at radius 3 is 2.53 bits per heavy atom. The van der Waals surface area contributed by atoms with Gasteiger partial charge in [0.15, 0.2) is 0 Å². The van der Waals surface area contributed by atoms with Crippen LogP contribution in [0.3, 0.4) is 0 Å². The zero-order valence-corrected chi connectivity index (χ0v) is 17.2. The van der Waals surface area contributed by atoms with Crippen molar-refractivity contribution < 1.29 is 14.5 Å². The standard InChI is InChI=1S/C20H26N6O4/c1-23-10-12-24(13-11-23)19-18(26(28)29)20(22-15-21-19)25(9-8-17(27)30-2)14-16-6-4-3-5-7-16/h3-7,15H,8-14H2,1-2H3. The summed E-state index contributed by atoms with van der Waals surface area (Å²) < 4.78 is 4.75. The second-order valence-electron chi connectivity index (χ2n) is 7.15. The van der Waals surface area contributed by atoms with Crippen molar-refractivity contribution in [1.82, 2.24) is 14.9 Å². The van der Waals surface area contributed by atoms with Gasteiger partial charge < -0.3 is 19.4 Å². The molecule has 1 aromatic carbocycles. The fourth-order valence-corrected chi connectivity index (χ4v) is 3.40. The number of piperazine rings is 1. The fraction of sp³-hybridized carbons (Fsp3) is 0.450. The van der Waals surface area contributed by atoms with E-state index in [-0.39, 0.29) is 30.4 Å². The number of carbonyl (C=O) groups excluding carboxylic acids is 1. The number of likely N-dealkylation sites (N-methyl/N-ethyl adjacent to an activating group) is 1. The van der Waals surface area contributed by atoms with E-state index in [4.69, 9.17) is 4.74 Å². The smallest absolute Gasteiger partial charge is 0.353 e. The van der Waals surface area contributed by atoms with Crippen LogP contribution < -0.4 is 9.80 Å². The molecule has 1 aliphatic heterocycles. The molecule has 0 N–H and O–H groups in total. The Hall–Kier alpha value is -3.27. The minimum absolute atomic E-state index is 0.0916. The second kappa shape index (κ2) is 9.97. The first-order chi connectivity index (χ1) is 14.5.